The summed E-state index contributed by atoms with van der Waals surface area (Å²) >= 11 is 0. The molecule has 0 spiro atoms. The van der Waals surface area contributed by atoms with Gasteiger partial charge in [0.2, 0.25) is 17.7 Å². The molecule has 0 saturated carbocycles. The fourth-order valence-corrected chi connectivity index (χ4v) is 4.36. The van der Waals surface area contributed by atoms with Gasteiger partial charge >= 0.3 is 0 Å². The number of carbonyl (C=O) groups excluding carboxylic acids is 1. The van der Waals surface area contributed by atoms with Gasteiger partial charge in [0, 0.05) is 45.3 Å². The van der Waals surface area contributed by atoms with Gasteiger partial charge in [0.15, 0.2) is 11.6 Å². The average molecular weight is 499 g/mol. The Morgan fingerprint density at radius 1 is 1.11 bits per heavy atom. The molecule has 1 aromatic carbocycles. The zero-order valence-electron chi connectivity index (χ0n) is 21.7. The summed E-state index contributed by atoms with van der Waals surface area (Å²) in [5, 5.41) is 15.0. The van der Waals surface area contributed by atoms with Crippen LogP contribution in [-0.2, 0) is 4.79 Å². The van der Waals surface area contributed by atoms with Crippen molar-refractivity contribution in [1.29, 1.82) is 0 Å². The molecule has 0 aliphatic carbocycles. The Hall–Kier alpha value is -3.56. The summed E-state index contributed by atoms with van der Waals surface area (Å²) < 4.78 is 21.9. The lowest BCUT2D eigenvalue weighted by atomic mass is 10.1. The third-order valence-corrected chi connectivity index (χ3v) is 6.39. The van der Waals surface area contributed by atoms with Crippen molar-refractivity contribution in [3.05, 3.63) is 35.8 Å². The predicted octanol–water partition coefficient (Wildman–Crippen LogP) is 4.49. The summed E-state index contributed by atoms with van der Waals surface area (Å²) in [5.74, 6) is 0.943. The van der Waals surface area contributed by atoms with E-state index in [2.05, 4.69) is 10.3 Å². The lowest BCUT2D eigenvalue weighted by Crippen LogP contribution is -2.48. The van der Waals surface area contributed by atoms with E-state index in [4.69, 9.17) is 9.72 Å². The number of halogens is 1. The summed E-state index contributed by atoms with van der Waals surface area (Å²) in [6.07, 6.45) is 1.71. The van der Waals surface area contributed by atoms with Crippen LogP contribution in [0.2, 0.25) is 0 Å². The van der Waals surface area contributed by atoms with Crippen LogP contribution in [0.1, 0.15) is 59.2 Å². The normalized spacial score (nSPS) is 15.1. The predicted molar refractivity (Wildman–Crippen MR) is 138 cm³/mol. The summed E-state index contributed by atoms with van der Waals surface area (Å²) in [7, 11) is 0. The Kier molecular flexibility index (Phi) is 7.23. The van der Waals surface area contributed by atoms with Gasteiger partial charge in [-0.2, -0.15) is 4.98 Å². The second-order valence-corrected chi connectivity index (χ2v) is 9.80. The van der Waals surface area contributed by atoms with E-state index in [-0.39, 0.29) is 35.7 Å². The van der Waals surface area contributed by atoms with E-state index in [0.717, 1.165) is 5.56 Å². The molecule has 10 heteroatoms. The minimum atomic E-state index is -0.421. The number of aromatic nitrogens is 3. The van der Waals surface area contributed by atoms with E-state index in [1.807, 2.05) is 51.8 Å². The van der Waals surface area contributed by atoms with Gasteiger partial charge in [-0.05, 0) is 52.3 Å². The summed E-state index contributed by atoms with van der Waals surface area (Å²) in [6.45, 7) is 13.5. The smallest absolute Gasteiger partial charge is 0.228 e. The number of aromatic hydroxyl groups is 1. The van der Waals surface area contributed by atoms with E-state index >= 15 is 0 Å². The molecule has 2 N–H and O–H groups in total. The van der Waals surface area contributed by atoms with E-state index in [0.29, 0.717) is 48.8 Å². The van der Waals surface area contributed by atoms with Crippen LogP contribution in [0.4, 0.5) is 16.2 Å². The number of piperazine rings is 1. The zero-order valence-corrected chi connectivity index (χ0v) is 21.7. The fourth-order valence-electron chi connectivity index (χ4n) is 4.36. The summed E-state index contributed by atoms with van der Waals surface area (Å²) in [6, 6.07) is 4.67. The number of ether oxygens (including phenoxy) is 1. The van der Waals surface area contributed by atoms with Gasteiger partial charge in [0.25, 0.3) is 0 Å². The minimum absolute atomic E-state index is 0.0228. The Balaban J connectivity index is 1.68. The fraction of sp³-hybridized carbons (Fsp3) is 0.500. The van der Waals surface area contributed by atoms with Crippen molar-refractivity contribution in [2.45, 2.75) is 59.7 Å². The highest BCUT2D eigenvalue weighted by atomic mass is 19.1. The molecule has 1 atom stereocenters. The number of hydrogen-bond donors (Lipinski definition) is 2. The Bertz CT molecular complexity index is 1250. The van der Waals surface area contributed by atoms with Crippen molar-refractivity contribution in [3.8, 4) is 11.6 Å². The average Bonchev–Trinajstić information content (AvgIpc) is 3.17. The molecular formula is C26H35FN6O3. The van der Waals surface area contributed by atoms with E-state index in [9.17, 15) is 14.3 Å². The number of fused-ring (bicyclic) bond motifs is 1. The van der Waals surface area contributed by atoms with Gasteiger partial charge < -0.3 is 29.5 Å². The first-order chi connectivity index (χ1) is 17.0. The van der Waals surface area contributed by atoms with Crippen molar-refractivity contribution < 1.29 is 19.0 Å². The number of benzene rings is 1. The molecule has 1 saturated heterocycles. The van der Waals surface area contributed by atoms with Crippen LogP contribution in [0.25, 0.3) is 10.9 Å². The quantitative estimate of drug-likeness (QED) is 0.496. The maximum absolute atomic E-state index is 14.7. The minimum Gasteiger partial charge on any atom is -0.493 e. The molecule has 1 amide bonds. The topological polar surface area (TPSA) is 95.8 Å². The van der Waals surface area contributed by atoms with E-state index < -0.39 is 5.82 Å². The van der Waals surface area contributed by atoms with E-state index in [1.165, 1.54) is 6.07 Å². The van der Waals surface area contributed by atoms with Crippen molar-refractivity contribution in [3.63, 3.8) is 0 Å². The molecule has 194 valence electrons. The standard InChI is InChI=1S/C26H35FN6O3/c1-15(2)33-14-20-23(25(33)35)29-26(32-11-9-31(10-12-32)18(6)34)30-24(20)28-17(5)19-7-8-22(21(27)13-19)36-16(3)4/h7-8,13-17,35H,9-12H2,1-6H3,(H,28,29,30)/t17-/m1/s1. The number of carbonyl (C=O) groups is 1. The Morgan fingerprint density at radius 2 is 1.81 bits per heavy atom. The molecule has 0 radical (unpaired) electrons. The van der Waals surface area contributed by atoms with Crippen molar-refractivity contribution in [2.24, 2.45) is 0 Å². The lowest BCUT2D eigenvalue weighted by molar-refractivity contribution is -0.129. The van der Waals surface area contributed by atoms with Gasteiger partial charge in [-0.25, -0.2) is 9.37 Å². The first-order valence-corrected chi connectivity index (χ1v) is 12.4. The van der Waals surface area contributed by atoms with Crippen LogP contribution in [0.3, 0.4) is 0 Å². The Morgan fingerprint density at radius 3 is 2.39 bits per heavy atom. The van der Waals surface area contributed by atoms with Crippen molar-refractivity contribution in [1.82, 2.24) is 19.4 Å². The lowest BCUT2D eigenvalue weighted by Gasteiger charge is -2.34. The molecule has 1 fully saturated rings. The second kappa shape index (κ2) is 10.2. The molecule has 36 heavy (non-hydrogen) atoms. The van der Waals surface area contributed by atoms with Crippen LogP contribution < -0.4 is 15.0 Å². The maximum Gasteiger partial charge on any atom is 0.228 e. The number of anilines is 2. The molecule has 4 rings (SSSR count). The first kappa shape index (κ1) is 25.5. The monoisotopic (exact) mass is 498 g/mol. The molecule has 3 aromatic rings. The number of nitrogens with one attached hydrogen (secondary N) is 1. The van der Waals surface area contributed by atoms with Crippen LogP contribution in [0.15, 0.2) is 24.4 Å². The van der Waals surface area contributed by atoms with Crippen molar-refractivity contribution in [2.75, 3.05) is 36.4 Å². The third kappa shape index (κ3) is 5.17. The molecular weight excluding hydrogens is 463 g/mol. The van der Waals surface area contributed by atoms with Crippen LogP contribution in [0, 0.1) is 5.82 Å². The van der Waals surface area contributed by atoms with Crippen LogP contribution in [-0.4, -0.2) is 62.7 Å². The SMILES string of the molecule is CC(=O)N1CCN(c2nc(N[C@H](C)c3ccc(OC(C)C)c(F)c3)c3cn(C(C)C)c(O)c3n2)CC1. The number of hydrogen-bond acceptors (Lipinski definition) is 7. The highest BCUT2D eigenvalue weighted by Gasteiger charge is 2.25. The van der Waals surface area contributed by atoms with Gasteiger partial charge in [-0.15, -0.1) is 0 Å². The van der Waals surface area contributed by atoms with Crippen LogP contribution in [0.5, 0.6) is 11.6 Å². The van der Waals surface area contributed by atoms with Gasteiger partial charge in [0.1, 0.15) is 11.3 Å². The first-order valence-electron chi connectivity index (χ1n) is 12.4. The molecule has 3 heterocycles. The number of amides is 1. The summed E-state index contributed by atoms with van der Waals surface area (Å²) in [5.41, 5.74) is 1.18. The van der Waals surface area contributed by atoms with E-state index in [1.54, 1.807) is 22.5 Å². The number of nitrogens with zero attached hydrogens (tertiary/aromatic N) is 5. The molecule has 1 aliphatic heterocycles. The highest BCUT2D eigenvalue weighted by Crippen LogP contribution is 2.35. The largest absolute Gasteiger partial charge is 0.493 e. The molecule has 9 nitrogen and oxygen atoms in total. The Labute approximate surface area is 210 Å². The van der Waals surface area contributed by atoms with Gasteiger partial charge in [0.05, 0.1) is 17.5 Å². The molecule has 2 aromatic heterocycles. The molecule has 0 bridgehead atoms. The number of rotatable bonds is 7. The zero-order chi connectivity index (χ0) is 26.1. The van der Waals surface area contributed by atoms with Gasteiger partial charge in [-0.1, -0.05) is 6.07 Å². The van der Waals surface area contributed by atoms with Crippen LogP contribution >= 0.6 is 0 Å². The summed E-state index contributed by atoms with van der Waals surface area (Å²) in [4.78, 5) is 25.0. The molecule has 1 aliphatic rings. The maximum atomic E-state index is 14.7. The highest BCUT2D eigenvalue weighted by molar-refractivity contribution is 5.94. The third-order valence-electron chi connectivity index (χ3n) is 6.39. The second-order valence-electron chi connectivity index (χ2n) is 9.80. The van der Waals surface area contributed by atoms with Crippen molar-refractivity contribution >= 4 is 28.6 Å². The van der Waals surface area contributed by atoms with Gasteiger partial charge in [-0.3, -0.25) is 4.79 Å². The molecule has 0 unspecified atom stereocenters.